The van der Waals surface area contributed by atoms with E-state index in [1.165, 1.54) is 0 Å². The first kappa shape index (κ1) is 12.1. The number of nitrogens with zero attached hydrogens (tertiary/aromatic N) is 2. The highest BCUT2D eigenvalue weighted by molar-refractivity contribution is 9.10. The van der Waals surface area contributed by atoms with E-state index in [0.29, 0.717) is 6.54 Å². The lowest BCUT2D eigenvalue weighted by Crippen LogP contribution is -2.22. The van der Waals surface area contributed by atoms with Gasteiger partial charge >= 0.3 is 0 Å². The molecule has 1 aromatic heterocycles. The molecular weight excluding hydrogens is 284 g/mol. The molecule has 0 bridgehead atoms. The van der Waals surface area contributed by atoms with Gasteiger partial charge in [-0.1, -0.05) is 15.9 Å². The van der Waals surface area contributed by atoms with Crippen molar-refractivity contribution in [2.75, 3.05) is 6.61 Å². The Morgan fingerprint density at radius 1 is 1.35 bits per heavy atom. The predicted molar refractivity (Wildman–Crippen MR) is 67.9 cm³/mol. The zero-order valence-corrected chi connectivity index (χ0v) is 10.7. The maximum absolute atomic E-state index is 9.75. The molecule has 1 aromatic carbocycles. The first-order chi connectivity index (χ1) is 8.24. The predicted octanol–water partition coefficient (Wildman–Crippen LogP) is 2.09. The Morgan fingerprint density at radius 2 is 2.12 bits per heavy atom. The van der Waals surface area contributed by atoms with Crippen molar-refractivity contribution in [3.63, 3.8) is 0 Å². The third kappa shape index (κ3) is 3.87. The largest absolute Gasteiger partial charge is 0.491 e. The van der Waals surface area contributed by atoms with E-state index in [0.717, 1.165) is 10.2 Å². The minimum Gasteiger partial charge on any atom is -0.491 e. The Morgan fingerprint density at radius 3 is 2.76 bits per heavy atom. The molecule has 0 saturated heterocycles. The minimum atomic E-state index is -0.548. The molecule has 0 spiro atoms. The highest BCUT2D eigenvalue weighted by Gasteiger charge is 2.05. The zero-order valence-electron chi connectivity index (χ0n) is 9.16. The highest BCUT2D eigenvalue weighted by atomic mass is 79.9. The van der Waals surface area contributed by atoms with Crippen LogP contribution < -0.4 is 4.74 Å². The fraction of sp³-hybridized carbons (Fsp3) is 0.250. The monoisotopic (exact) mass is 296 g/mol. The first-order valence-electron chi connectivity index (χ1n) is 5.26. The van der Waals surface area contributed by atoms with Crippen LogP contribution in [0.3, 0.4) is 0 Å². The Kier molecular flexibility index (Phi) is 4.17. The number of aromatic nitrogens is 2. The summed E-state index contributed by atoms with van der Waals surface area (Å²) in [5.41, 5.74) is 0. The van der Waals surface area contributed by atoms with Crippen LogP contribution in [0.1, 0.15) is 0 Å². The lowest BCUT2D eigenvalue weighted by molar-refractivity contribution is 0.0924. The topological polar surface area (TPSA) is 47.3 Å². The Balaban J connectivity index is 1.79. The van der Waals surface area contributed by atoms with Crippen LogP contribution in [0.2, 0.25) is 0 Å². The van der Waals surface area contributed by atoms with Crippen molar-refractivity contribution in [3.05, 3.63) is 47.5 Å². The van der Waals surface area contributed by atoms with Gasteiger partial charge in [0, 0.05) is 16.9 Å². The Hall–Kier alpha value is -1.33. The van der Waals surface area contributed by atoms with E-state index in [9.17, 15) is 5.11 Å². The molecule has 5 heteroatoms. The van der Waals surface area contributed by atoms with Crippen LogP contribution in [-0.4, -0.2) is 27.4 Å². The van der Waals surface area contributed by atoms with Crippen LogP contribution in [-0.2, 0) is 6.54 Å². The van der Waals surface area contributed by atoms with Gasteiger partial charge in [-0.3, -0.25) is 0 Å². The zero-order chi connectivity index (χ0) is 12.1. The number of imidazole rings is 1. The number of hydrogen-bond donors (Lipinski definition) is 1. The van der Waals surface area contributed by atoms with Gasteiger partial charge in [-0.15, -0.1) is 0 Å². The van der Waals surface area contributed by atoms with Crippen LogP contribution >= 0.6 is 15.9 Å². The van der Waals surface area contributed by atoms with Crippen molar-refractivity contribution in [2.45, 2.75) is 12.6 Å². The minimum absolute atomic E-state index is 0.264. The molecule has 0 fully saturated rings. The van der Waals surface area contributed by atoms with Crippen molar-refractivity contribution >= 4 is 15.9 Å². The summed E-state index contributed by atoms with van der Waals surface area (Å²) in [5, 5.41) is 9.75. The van der Waals surface area contributed by atoms with E-state index in [1.54, 1.807) is 12.5 Å². The highest BCUT2D eigenvalue weighted by Crippen LogP contribution is 2.16. The third-order valence-corrected chi connectivity index (χ3v) is 2.77. The summed E-state index contributed by atoms with van der Waals surface area (Å²) in [4.78, 5) is 3.91. The van der Waals surface area contributed by atoms with Gasteiger partial charge in [0.1, 0.15) is 18.5 Å². The fourth-order valence-corrected chi connectivity index (χ4v) is 1.68. The fourth-order valence-electron chi connectivity index (χ4n) is 1.41. The molecule has 17 heavy (non-hydrogen) atoms. The molecule has 0 amide bonds. The molecule has 90 valence electrons. The van der Waals surface area contributed by atoms with Crippen LogP contribution in [0.25, 0.3) is 0 Å². The molecule has 0 aliphatic rings. The summed E-state index contributed by atoms with van der Waals surface area (Å²) < 4.78 is 8.29. The standard InChI is InChI=1S/C12H13BrN2O2/c13-10-1-3-12(4-2-10)17-8-11(16)7-15-6-5-14-9-15/h1-6,9,11,16H,7-8H2/t11-/m0/s1. The van der Waals surface area contributed by atoms with E-state index in [1.807, 2.05) is 35.0 Å². The normalized spacial score (nSPS) is 12.4. The Bertz CT molecular complexity index is 442. The van der Waals surface area contributed by atoms with Gasteiger partial charge in [-0.2, -0.15) is 0 Å². The smallest absolute Gasteiger partial charge is 0.119 e. The number of benzene rings is 1. The van der Waals surface area contributed by atoms with Crippen molar-refractivity contribution in [1.82, 2.24) is 9.55 Å². The first-order valence-corrected chi connectivity index (χ1v) is 6.05. The number of aliphatic hydroxyl groups is 1. The van der Waals surface area contributed by atoms with Crippen molar-refractivity contribution in [2.24, 2.45) is 0 Å². The summed E-state index contributed by atoms with van der Waals surface area (Å²) in [6.45, 7) is 0.746. The number of ether oxygens (including phenoxy) is 1. The van der Waals surface area contributed by atoms with Crippen molar-refractivity contribution in [1.29, 1.82) is 0 Å². The van der Waals surface area contributed by atoms with E-state index >= 15 is 0 Å². The summed E-state index contributed by atoms with van der Waals surface area (Å²) in [6.07, 6.45) is 4.61. The van der Waals surface area contributed by atoms with Crippen LogP contribution in [0.4, 0.5) is 0 Å². The van der Waals surface area contributed by atoms with Gasteiger partial charge < -0.3 is 14.4 Å². The lowest BCUT2D eigenvalue weighted by atomic mass is 10.3. The number of hydrogen-bond acceptors (Lipinski definition) is 3. The molecular formula is C12H13BrN2O2. The van der Waals surface area contributed by atoms with Gasteiger partial charge in [-0.25, -0.2) is 4.98 Å². The molecule has 2 aromatic rings. The quantitative estimate of drug-likeness (QED) is 0.919. The molecule has 2 rings (SSSR count). The summed E-state index contributed by atoms with van der Waals surface area (Å²) >= 11 is 3.35. The maximum atomic E-state index is 9.75. The summed E-state index contributed by atoms with van der Waals surface area (Å²) in [6, 6.07) is 7.51. The van der Waals surface area contributed by atoms with E-state index < -0.39 is 6.10 Å². The molecule has 0 aliphatic heterocycles. The van der Waals surface area contributed by atoms with Crippen LogP contribution in [0, 0.1) is 0 Å². The van der Waals surface area contributed by atoms with Gasteiger partial charge in [0.05, 0.1) is 12.9 Å². The van der Waals surface area contributed by atoms with Gasteiger partial charge in [0.2, 0.25) is 0 Å². The van der Waals surface area contributed by atoms with E-state index in [-0.39, 0.29) is 6.61 Å². The molecule has 1 atom stereocenters. The number of rotatable bonds is 5. The average Bonchev–Trinajstić information content (AvgIpc) is 2.81. The number of halogens is 1. The van der Waals surface area contributed by atoms with Gasteiger partial charge in [0.15, 0.2) is 0 Å². The summed E-state index contributed by atoms with van der Waals surface area (Å²) in [7, 11) is 0. The van der Waals surface area contributed by atoms with Gasteiger partial charge in [-0.05, 0) is 24.3 Å². The number of aliphatic hydroxyl groups excluding tert-OH is 1. The second-order valence-corrected chi connectivity index (χ2v) is 4.59. The maximum Gasteiger partial charge on any atom is 0.119 e. The van der Waals surface area contributed by atoms with Gasteiger partial charge in [0.25, 0.3) is 0 Å². The third-order valence-electron chi connectivity index (χ3n) is 2.24. The van der Waals surface area contributed by atoms with Crippen molar-refractivity contribution < 1.29 is 9.84 Å². The summed E-state index contributed by atoms with van der Waals surface area (Å²) in [5.74, 6) is 0.748. The molecule has 0 radical (unpaired) electrons. The van der Waals surface area contributed by atoms with Crippen LogP contribution in [0.5, 0.6) is 5.75 Å². The Labute approximate surface area is 108 Å². The average molecular weight is 297 g/mol. The molecule has 1 heterocycles. The SMILES string of the molecule is O[C@H](COc1ccc(Br)cc1)Cn1ccnc1. The molecule has 1 N–H and O–H groups in total. The second-order valence-electron chi connectivity index (χ2n) is 3.68. The molecule has 0 unspecified atom stereocenters. The second kappa shape index (κ2) is 5.84. The van der Waals surface area contributed by atoms with E-state index in [4.69, 9.17) is 4.74 Å². The molecule has 4 nitrogen and oxygen atoms in total. The van der Waals surface area contributed by atoms with Crippen LogP contribution in [0.15, 0.2) is 47.5 Å². The molecule has 0 aliphatic carbocycles. The van der Waals surface area contributed by atoms with E-state index in [2.05, 4.69) is 20.9 Å². The van der Waals surface area contributed by atoms with Crippen molar-refractivity contribution in [3.8, 4) is 5.75 Å². The molecule has 0 saturated carbocycles. The lowest BCUT2D eigenvalue weighted by Gasteiger charge is -2.12.